The van der Waals surface area contributed by atoms with Crippen LogP contribution in [0.3, 0.4) is 0 Å². The van der Waals surface area contributed by atoms with Crippen molar-refractivity contribution < 1.29 is 13.9 Å². The van der Waals surface area contributed by atoms with Crippen LogP contribution in [0.4, 0.5) is 15.9 Å². The molecule has 9 heteroatoms. The van der Waals surface area contributed by atoms with Gasteiger partial charge in [-0.25, -0.2) is 9.37 Å². The number of imidazole rings is 1. The van der Waals surface area contributed by atoms with Gasteiger partial charge in [0.15, 0.2) is 5.65 Å². The molecule has 4 aromatic rings. The van der Waals surface area contributed by atoms with Crippen molar-refractivity contribution in [1.82, 2.24) is 14.4 Å². The number of nitrogens with one attached hydrogen (secondary N) is 2. The lowest BCUT2D eigenvalue weighted by molar-refractivity contribution is -0.116. The summed E-state index contributed by atoms with van der Waals surface area (Å²) in [7, 11) is 1.60. The number of rotatable bonds is 7. The Labute approximate surface area is 182 Å². The quantitative estimate of drug-likeness (QED) is 0.438. The maximum absolute atomic E-state index is 13.9. The van der Waals surface area contributed by atoms with Gasteiger partial charge in [-0.15, -0.1) is 0 Å². The molecule has 0 spiro atoms. The molecular formula is C22H19ClFN5O2. The monoisotopic (exact) mass is 439 g/mol. The van der Waals surface area contributed by atoms with Crippen LogP contribution in [0.2, 0.25) is 5.02 Å². The maximum atomic E-state index is 13.9. The highest BCUT2D eigenvalue weighted by Gasteiger charge is 2.17. The van der Waals surface area contributed by atoms with E-state index in [9.17, 15) is 9.18 Å². The summed E-state index contributed by atoms with van der Waals surface area (Å²) in [5, 5.41) is 6.09. The van der Waals surface area contributed by atoms with E-state index in [1.807, 2.05) is 28.7 Å². The molecular weight excluding hydrogens is 421 g/mol. The maximum Gasteiger partial charge on any atom is 0.226 e. The van der Waals surface area contributed by atoms with Crippen molar-refractivity contribution in [3.8, 4) is 17.0 Å². The molecule has 0 radical (unpaired) electrons. The largest absolute Gasteiger partial charge is 0.496 e. The van der Waals surface area contributed by atoms with Crippen molar-refractivity contribution in [1.29, 1.82) is 0 Å². The summed E-state index contributed by atoms with van der Waals surface area (Å²) >= 11 is 5.74. The second-order valence-corrected chi connectivity index (χ2v) is 7.10. The Hall–Kier alpha value is -3.65. The van der Waals surface area contributed by atoms with Crippen molar-refractivity contribution in [3.05, 3.63) is 71.9 Å². The van der Waals surface area contributed by atoms with Crippen molar-refractivity contribution >= 4 is 34.7 Å². The van der Waals surface area contributed by atoms with Crippen LogP contribution in [-0.2, 0) is 4.79 Å². The minimum absolute atomic E-state index is 0.0880. The molecule has 158 valence electrons. The molecule has 4 rings (SSSR count). The van der Waals surface area contributed by atoms with Crippen LogP contribution in [0.15, 0.2) is 61.1 Å². The van der Waals surface area contributed by atoms with Crippen LogP contribution in [-0.4, -0.2) is 33.9 Å². The first-order valence-electron chi connectivity index (χ1n) is 9.51. The van der Waals surface area contributed by atoms with Gasteiger partial charge in [0.2, 0.25) is 5.91 Å². The smallest absolute Gasteiger partial charge is 0.226 e. The number of ether oxygens (including phenoxy) is 1. The molecule has 1 amide bonds. The molecule has 0 aliphatic rings. The van der Waals surface area contributed by atoms with E-state index in [0.717, 1.165) is 11.6 Å². The number of hydrogen-bond donors (Lipinski definition) is 2. The number of carbonyl (C=O) groups excluding carboxylic acids is 1. The molecule has 0 saturated heterocycles. The molecule has 2 heterocycles. The van der Waals surface area contributed by atoms with E-state index >= 15 is 0 Å². The minimum atomic E-state index is -0.582. The number of para-hydroxylation sites is 1. The number of amides is 1. The van der Waals surface area contributed by atoms with Gasteiger partial charge in [-0.3, -0.25) is 14.2 Å². The van der Waals surface area contributed by atoms with E-state index in [1.54, 1.807) is 25.7 Å². The normalized spacial score (nSPS) is 10.8. The van der Waals surface area contributed by atoms with Gasteiger partial charge in [-0.1, -0.05) is 23.7 Å². The molecule has 0 saturated carbocycles. The van der Waals surface area contributed by atoms with Crippen LogP contribution < -0.4 is 15.4 Å². The number of fused-ring (bicyclic) bond motifs is 1. The Kier molecular flexibility index (Phi) is 5.99. The molecule has 0 unspecified atom stereocenters. The average Bonchev–Trinajstić information content (AvgIpc) is 3.14. The number of nitrogens with zero attached hydrogens (tertiary/aromatic N) is 3. The highest BCUT2D eigenvalue weighted by molar-refractivity contribution is 6.30. The SMILES string of the molecule is COc1ccccc1-c1nc2cnccn2c1NCCC(=O)Nc1ccc(Cl)cc1F. The van der Waals surface area contributed by atoms with E-state index in [2.05, 4.69) is 20.6 Å². The van der Waals surface area contributed by atoms with Gasteiger partial charge in [0.25, 0.3) is 0 Å². The zero-order valence-electron chi connectivity index (χ0n) is 16.6. The summed E-state index contributed by atoms with van der Waals surface area (Å²) in [6, 6.07) is 11.7. The molecule has 0 bridgehead atoms. The third-order valence-corrected chi connectivity index (χ3v) is 4.88. The fourth-order valence-electron chi connectivity index (χ4n) is 3.20. The second kappa shape index (κ2) is 9.01. The van der Waals surface area contributed by atoms with Crippen molar-refractivity contribution in [2.45, 2.75) is 6.42 Å². The third-order valence-electron chi connectivity index (χ3n) is 4.64. The Morgan fingerprint density at radius 1 is 1.26 bits per heavy atom. The summed E-state index contributed by atoms with van der Waals surface area (Å²) in [4.78, 5) is 21.1. The van der Waals surface area contributed by atoms with Crippen LogP contribution in [0, 0.1) is 5.82 Å². The number of halogens is 2. The van der Waals surface area contributed by atoms with E-state index in [0.29, 0.717) is 29.5 Å². The van der Waals surface area contributed by atoms with Crippen molar-refractivity contribution in [2.24, 2.45) is 0 Å². The number of anilines is 2. The Bertz CT molecular complexity index is 1240. The third kappa shape index (κ3) is 4.44. The Balaban J connectivity index is 1.53. The van der Waals surface area contributed by atoms with Gasteiger partial charge in [-0.2, -0.15) is 0 Å². The number of hydrogen-bond acceptors (Lipinski definition) is 5. The molecule has 0 aliphatic heterocycles. The van der Waals surface area contributed by atoms with Crippen LogP contribution in [0.5, 0.6) is 5.75 Å². The Morgan fingerprint density at radius 3 is 2.90 bits per heavy atom. The molecule has 0 atom stereocenters. The second-order valence-electron chi connectivity index (χ2n) is 6.66. The zero-order chi connectivity index (χ0) is 21.8. The van der Waals surface area contributed by atoms with Gasteiger partial charge in [0, 0.05) is 35.9 Å². The predicted octanol–water partition coefficient (Wildman–Crippen LogP) is 4.64. The zero-order valence-corrected chi connectivity index (χ0v) is 17.4. The molecule has 7 nitrogen and oxygen atoms in total. The van der Waals surface area contributed by atoms with Crippen molar-refractivity contribution in [3.63, 3.8) is 0 Å². The van der Waals surface area contributed by atoms with Gasteiger partial charge >= 0.3 is 0 Å². The summed E-state index contributed by atoms with van der Waals surface area (Å²) in [6.07, 6.45) is 5.21. The van der Waals surface area contributed by atoms with Gasteiger partial charge in [-0.05, 0) is 30.3 Å². The van der Waals surface area contributed by atoms with E-state index in [1.165, 1.54) is 12.1 Å². The number of aromatic nitrogens is 3. The molecule has 31 heavy (non-hydrogen) atoms. The fraction of sp³-hybridized carbons (Fsp3) is 0.136. The average molecular weight is 440 g/mol. The number of carbonyl (C=O) groups is 1. The van der Waals surface area contributed by atoms with Crippen molar-refractivity contribution in [2.75, 3.05) is 24.3 Å². The number of benzene rings is 2. The first-order valence-corrected chi connectivity index (χ1v) is 9.89. The lowest BCUT2D eigenvalue weighted by Gasteiger charge is -2.11. The predicted molar refractivity (Wildman–Crippen MR) is 118 cm³/mol. The van der Waals surface area contributed by atoms with Crippen LogP contribution in [0.25, 0.3) is 16.9 Å². The molecule has 2 N–H and O–H groups in total. The summed E-state index contributed by atoms with van der Waals surface area (Å²) in [5.41, 5.74) is 2.22. The first-order chi connectivity index (χ1) is 15.1. The van der Waals surface area contributed by atoms with E-state index in [4.69, 9.17) is 16.3 Å². The van der Waals surface area contributed by atoms with E-state index < -0.39 is 5.82 Å². The standard InChI is InChI=1S/C22H19ClFN5O2/c1-31-18-5-3-2-4-15(18)21-22(29-11-10-25-13-19(29)28-21)26-9-8-20(30)27-17-7-6-14(23)12-16(17)24/h2-7,10-13,26H,8-9H2,1H3,(H,27,30). The summed E-state index contributed by atoms with van der Waals surface area (Å²) in [5.74, 6) is 0.467. The van der Waals surface area contributed by atoms with Gasteiger partial charge < -0.3 is 15.4 Å². The molecule has 2 aromatic heterocycles. The van der Waals surface area contributed by atoms with Gasteiger partial charge in [0.1, 0.15) is 23.1 Å². The highest BCUT2D eigenvalue weighted by Crippen LogP contribution is 2.34. The lowest BCUT2D eigenvalue weighted by atomic mass is 10.1. The molecule has 0 aliphatic carbocycles. The summed E-state index contributed by atoms with van der Waals surface area (Å²) < 4.78 is 21.2. The Morgan fingerprint density at radius 2 is 2.10 bits per heavy atom. The van der Waals surface area contributed by atoms with Crippen LogP contribution in [0.1, 0.15) is 6.42 Å². The lowest BCUT2D eigenvalue weighted by Crippen LogP contribution is -2.17. The topological polar surface area (TPSA) is 80.6 Å². The molecule has 2 aromatic carbocycles. The van der Waals surface area contributed by atoms with Gasteiger partial charge in [0.05, 0.1) is 19.0 Å². The minimum Gasteiger partial charge on any atom is -0.496 e. The van der Waals surface area contributed by atoms with Crippen LogP contribution >= 0.6 is 11.6 Å². The molecule has 0 fully saturated rings. The van der Waals surface area contributed by atoms with E-state index in [-0.39, 0.29) is 23.0 Å². The fourth-order valence-corrected chi connectivity index (χ4v) is 3.36. The first kappa shape index (κ1) is 20.6. The summed E-state index contributed by atoms with van der Waals surface area (Å²) in [6.45, 7) is 0.305. The number of methoxy groups -OCH3 is 1. The highest BCUT2D eigenvalue weighted by atomic mass is 35.5.